The van der Waals surface area contributed by atoms with Crippen LogP contribution in [0.3, 0.4) is 0 Å². The molecule has 132 valence electrons. The minimum atomic E-state index is 0.746. The number of anilines is 3. The Balaban J connectivity index is 1.78. The average molecular weight is 370 g/mol. The minimum absolute atomic E-state index is 0.746. The molecule has 4 aromatic rings. The lowest BCUT2D eigenvalue weighted by Crippen LogP contribution is -2.10. The van der Waals surface area contributed by atoms with Gasteiger partial charge in [0, 0.05) is 22.1 Å². The third-order valence-corrected chi connectivity index (χ3v) is 4.70. The van der Waals surface area contributed by atoms with Crippen LogP contribution < -0.4 is 4.90 Å². The van der Waals surface area contributed by atoms with E-state index in [1.165, 1.54) is 11.1 Å². The maximum Gasteiger partial charge on any atom is 0.0479 e. The molecule has 0 aliphatic rings. The van der Waals surface area contributed by atoms with Crippen LogP contribution in [0.2, 0.25) is 5.02 Å². The van der Waals surface area contributed by atoms with Gasteiger partial charge in [-0.15, -0.1) is 0 Å². The van der Waals surface area contributed by atoms with E-state index in [-0.39, 0.29) is 0 Å². The van der Waals surface area contributed by atoms with Crippen LogP contribution >= 0.6 is 11.6 Å². The third kappa shape index (κ3) is 4.21. The monoisotopic (exact) mass is 369 g/mol. The Labute approximate surface area is 165 Å². The number of benzene rings is 4. The van der Waals surface area contributed by atoms with E-state index >= 15 is 0 Å². The number of hydrogen-bond donors (Lipinski definition) is 0. The molecule has 0 atom stereocenters. The number of halogens is 1. The summed E-state index contributed by atoms with van der Waals surface area (Å²) in [6.07, 6.45) is 0.853. The molecule has 0 saturated heterocycles. The van der Waals surface area contributed by atoms with Gasteiger partial charge in [0.15, 0.2) is 0 Å². The number of hydrogen-bond acceptors (Lipinski definition) is 1. The van der Waals surface area contributed by atoms with Crippen molar-refractivity contribution in [3.05, 3.63) is 125 Å². The van der Waals surface area contributed by atoms with Gasteiger partial charge in [-0.2, -0.15) is 0 Å². The van der Waals surface area contributed by atoms with E-state index < -0.39 is 0 Å². The second-order valence-electron chi connectivity index (χ2n) is 6.49. The van der Waals surface area contributed by atoms with E-state index in [1.54, 1.807) is 0 Å². The molecule has 27 heavy (non-hydrogen) atoms. The second-order valence-corrected chi connectivity index (χ2v) is 6.92. The van der Waals surface area contributed by atoms with E-state index in [2.05, 4.69) is 83.8 Å². The summed E-state index contributed by atoms with van der Waals surface area (Å²) in [6.45, 7) is 0. The number of nitrogens with zero attached hydrogens (tertiary/aromatic N) is 1. The molecule has 2 heteroatoms. The first kappa shape index (κ1) is 17.4. The fourth-order valence-electron chi connectivity index (χ4n) is 3.30. The van der Waals surface area contributed by atoms with Gasteiger partial charge in [-0.05, 0) is 60.0 Å². The Bertz CT molecular complexity index is 959. The predicted octanol–water partition coefficient (Wildman–Crippen LogP) is 7.40. The first-order chi connectivity index (χ1) is 13.3. The lowest BCUT2D eigenvalue weighted by molar-refractivity contribution is 1.18. The van der Waals surface area contributed by atoms with Gasteiger partial charge in [0.25, 0.3) is 0 Å². The van der Waals surface area contributed by atoms with Crippen LogP contribution in [-0.2, 0) is 6.42 Å². The maximum absolute atomic E-state index is 6.51. The fourth-order valence-corrected chi connectivity index (χ4v) is 3.55. The standard InChI is InChI=1S/C25H20ClN/c26-22-17-21(16-20-10-4-1-5-11-20)18-25(19-22)27(23-12-6-2-7-13-23)24-14-8-3-9-15-24/h1-15,17-19H,16H2. The van der Waals surface area contributed by atoms with Crippen molar-refractivity contribution < 1.29 is 0 Å². The van der Waals surface area contributed by atoms with E-state index in [1.807, 2.05) is 30.3 Å². The van der Waals surface area contributed by atoms with Gasteiger partial charge in [-0.25, -0.2) is 0 Å². The highest BCUT2D eigenvalue weighted by molar-refractivity contribution is 6.31. The van der Waals surface area contributed by atoms with Crippen LogP contribution in [0.5, 0.6) is 0 Å². The molecule has 0 amide bonds. The highest BCUT2D eigenvalue weighted by Gasteiger charge is 2.13. The van der Waals surface area contributed by atoms with Gasteiger partial charge in [-0.1, -0.05) is 78.3 Å². The molecule has 0 spiro atoms. The van der Waals surface area contributed by atoms with Crippen LogP contribution in [0.25, 0.3) is 0 Å². The van der Waals surface area contributed by atoms with Crippen molar-refractivity contribution in [1.82, 2.24) is 0 Å². The Kier molecular flexibility index (Phi) is 5.22. The Morgan fingerprint density at radius 2 is 1.04 bits per heavy atom. The van der Waals surface area contributed by atoms with Crippen molar-refractivity contribution in [2.45, 2.75) is 6.42 Å². The zero-order valence-corrected chi connectivity index (χ0v) is 15.7. The summed E-state index contributed by atoms with van der Waals surface area (Å²) in [5.41, 5.74) is 5.75. The second kappa shape index (κ2) is 8.11. The summed E-state index contributed by atoms with van der Waals surface area (Å²) in [5.74, 6) is 0. The smallest absolute Gasteiger partial charge is 0.0479 e. The molecule has 0 saturated carbocycles. The zero-order valence-electron chi connectivity index (χ0n) is 14.9. The summed E-state index contributed by atoms with van der Waals surface area (Å²) >= 11 is 6.51. The molecule has 0 aromatic heterocycles. The first-order valence-electron chi connectivity index (χ1n) is 9.03. The van der Waals surface area contributed by atoms with Crippen molar-refractivity contribution in [1.29, 1.82) is 0 Å². The molecular weight excluding hydrogens is 350 g/mol. The molecule has 0 aliphatic carbocycles. The third-order valence-electron chi connectivity index (χ3n) is 4.48. The summed E-state index contributed by atoms with van der Waals surface area (Å²) < 4.78 is 0. The maximum atomic E-state index is 6.51. The summed E-state index contributed by atoms with van der Waals surface area (Å²) in [4.78, 5) is 2.24. The molecule has 1 nitrogen and oxygen atoms in total. The lowest BCUT2D eigenvalue weighted by atomic mass is 10.0. The first-order valence-corrected chi connectivity index (χ1v) is 9.41. The van der Waals surface area contributed by atoms with Crippen LogP contribution in [0.15, 0.2) is 109 Å². The Hall–Kier alpha value is -3.03. The number of rotatable bonds is 5. The van der Waals surface area contributed by atoms with Gasteiger partial charge < -0.3 is 4.90 Å². The van der Waals surface area contributed by atoms with Crippen molar-refractivity contribution in [2.75, 3.05) is 4.90 Å². The zero-order chi connectivity index (χ0) is 18.5. The van der Waals surface area contributed by atoms with Crippen LogP contribution in [0.4, 0.5) is 17.1 Å². The van der Waals surface area contributed by atoms with E-state index in [9.17, 15) is 0 Å². The van der Waals surface area contributed by atoms with Gasteiger partial charge in [0.1, 0.15) is 0 Å². The molecule has 4 rings (SSSR count). The highest BCUT2D eigenvalue weighted by Crippen LogP contribution is 2.36. The van der Waals surface area contributed by atoms with Gasteiger partial charge in [-0.3, -0.25) is 0 Å². The molecule has 4 aromatic carbocycles. The van der Waals surface area contributed by atoms with E-state index in [0.717, 1.165) is 28.5 Å². The Morgan fingerprint density at radius 3 is 1.59 bits per heavy atom. The normalized spacial score (nSPS) is 10.6. The van der Waals surface area contributed by atoms with Crippen LogP contribution in [0, 0.1) is 0 Å². The molecule has 0 N–H and O–H groups in total. The summed E-state index contributed by atoms with van der Waals surface area (Å²) in [6, 6.07) is 37.5. The lowest BCUT2D eigenvalue weighted by Gasteiger charge is -2.26. The molecular formula is C25H20ClN. The highest BCUT2D eigenvalue weighted by atomic mass is 35.5. The topological polar surface area (TPSA) is 3.24 Å². The molecule has 0 bridgehead atoms. The molecule has 0 aliphatic heterocycles. The van der Waals surface area contributed by atoms with E-state index in [0.29, 0.717) is 0 Å². The van der Waals surface area contributed by atoms with Gasteiger partial charge >= 0.3 is 0 Å². The van der Waals surface area contributed by atoms with Crippen LogP contribution in [0.1, 0.15) is 11.1 Å². The van der Waals surface area contributed by atoms with Crippen molar-refractivity contribution in [2.24, 2.45) is 0 Å². The largest absolute Gasteiger partial charge is 0.310 e. The number of para-hydroxylation sites is 2. The summed E-state index contributed by atoms with van der Waals surface area (Å²) in [5, 5.41) is 0.746. The minimum Gasteiger partial charge on any atom is -0.310 e. The Morgan fingerprint density at radius 1 is 0.519 bits per heavy atom. The SMILES string of the molecule is Clc1cc(Cc2ccccc2)cc(N(c2ccccc2)c2ccccc2)c1. The molecule has 0 heterocycles. The van der Waals surface area contributed by atoms with Crippen molar-refractivity contribution in [3.8, 4) is 0 Å². The van der Waals surface area contributed by atoms with Crippen molar-refractivity contribution >= 4 is 28.7 Å². The van der Waals surface area contributed by atoms with Gasteiger partial charge in [0.05, 0.1) is 0 Å². The van der Waals surface area contributed by atoms with E-state index in [4.69, 9.17) is 11.6 Å². The molecule has 0 fully saturated rings. The van der Waals surface area contributed by atoms with Gasteiger partial charge in [0.2, 0.25) is 0 Å². The van der Waals surface area contributed by atoms with Crippen LogP contribution in [-0.4, -0.2) is 0 Å². The predicted molar refractivity (Wildman–Crippen MR) is 115 cm³/mol. The molecule has 0 unspecified atom stereocenters. The fraction of sp³-hybridized carbons (Fsp3) is 0.0400. The quantitative estimate of drug-likeness (QED) is 0.354. The van der Waals surface area contributed by atoms with Crippen molar-refractivity contribution in [3.63, 3.8) is 0 Å². The summed E-state index contributed by atoms with van der Waals surface area (Å²) in [7, 11) is 0. The molecule has 0 radical (unpaired) electrons. The average Bonchev–Trinajstić information content (AvgIpc) is 2.70.